The third-order valence-corrected chi connectivity index (χ3v) is 3.28. The van der Waals surface area contributed by atoms with Gasteiger partial charge in [-0.15, -0.1) is 11.3 Å². The zero-order valence-electron chi connectivity index (χ0n) is 8.25. The number of aromatic amines is 1. The number of rotatable bonds is 2. The van der Waals surface area contributed by atoms with Crippen molar-refractivity contribution in [2.24, 2.45) is 0 Å². The maximum absolute atomic E-state index is 11.4. The van der Waals surface area contributed by atoms with Crippen LogP contribution in [0.25, 0.3) is 10.2 Å². The second-order valence-corrected chi connectivity index (χ2v) is 4.57. The molecule has 0 aromatic carbocycles. The van der Waals surface area contributed by atoms with Gasteiger partial charge in [0.25, 0.3) is 0 Å². The third-order valence-electron chi connectivity index (χ3n) is 2.23. The number of aromatic carboxylic acids is 1. The fraction of sp³-hybridized carbons (Fsp3) is 0.200. The molecule has 0 bridgehead atoms. The van der Waals surface area contributed by atoms with E-state index in [1.165, 1.54) is 18.3 Å². The second kappa shape index (κ2) is 3.20. The first kappa shape index (κ1) is 9.92. The monoisotopic (exact) mass is 223 g/mol. The highest BCUT2D eigenvalue weighted by Gasteiger charge is 2.17. The maximum atomic E-state index is 11.4. The lowest BCUT2D eigenvalue weighted by Crippen LogP contribution is -1.97. The zero-order valence-corrected chi connectivity index (χ0v) is 9.07. The quantitative estimate of drug-likeness (QED) is 0.768. The molecule has 0 unspecified atom stereocenters. The van der Waals surface area contributed by atoms with E-state index in [1.807, 2.05) is 6.92 Å². The summed E-state index contributed by atoms with van der Waals surface area (Å²) in [6, 6.07) is 1.56. The van der Waals surface area contributed by atoms with Gasteiger partial charge in [0, 0.05) is 4.88 Å². The van der Waals surface area contributed by atoms with E-state index in [0.717, 1.165) is 9.58 Å². The third kappa shape index (κ3) is 1.45. The fourth-order valence-corrected chi connectivity index (χ4v) is 2.74. The molecule has 15 heavy (non-hydrogen) atoms. The van der Waals surface area contributed by atoms with Gasteiger partial charge in [-0.25, -0.2) is 4.79 Å². The number of ketones is 1. The molecule has 0 atom stereocenters. The van der Waals surface area contributed by atoms with E-state index >= 15 is 0 Å². The predicted molar refractivity (Wildman–Crippen MR) is 57.9 cm³/mol. The van der Waals surface area contributed by atoms with Crippen molar-refractivity contribution in [1.82, 2.24) is 4.98 Å². The number of aromatic nitrogens is 1. The smallest absolute Gasteiger partial charge is 0.352 e. The Kier molecular flexibility index (Phi) is 2.12. The standard InChI is InChI=1S/C10H9NO3S/c1-4(12)8-5(2)15-7-3-6(10(13)14)11-9(7)8/h3,11H,1-2H3,(H,13,14). The van der Waals surface area contributed by atoms with Gasteiger partial charge in [0.2, 0.25) is 0 Å². The lowest BCUT2D eigenvalue weighted by molar-refractivity contribution is 0.0691. The first-order valence-electron chi connectivity index (χ1n) is 4.37. The molecule has 0 aliphatic heterocycles. The number of carbonyl (C=O) groups is 2. The lowest BCUT2D eigenvalue weighted by Gasteiger charge is -1.93. The van der Waals surface area contributed by atoms with E-state index in [2.05, 4.69) is 4.98 Å². The van der Waals surface area contributed by atoms with Crippen molar-refractivity contribution in [3.05, 3.63) is 22.2 Å². The molecule has 5 heteroatoms. The van der Waals surface area contributed by atoms with Gasteiger partial charge in [0.15, 0.2) is 5.78 Å². The number of carboxylic acids is 1. The van der Waals surface area contributed by atoms with Crippen molar-refractivity contribution >= 4 is 33.3 Å². The molecule has 2 aromatic rings. The minimum Gasteiger partial charge on any atom is -0.477 e. The predicted octanol–water partition coefficient (Wildman–Crippen LogP) is 2.44. The first-order valence-corrected chi connectivity index (χ1v) is 5.18. The number of hydrogen-bond donors (Lipinski definition) is 2. The van der Waals surface area contributed by atoms with Crippen LogP contribution in [0.5, 0.6) is 0 Å². The van der Waals surface area contributed by atoms with Crippen LogP contribution in [0, 0.1) is 6.92 Å². The Morgan fingerprint density at radius 3 is 2.67 bits per heavy atom. The van der Waals surface area contributed by atoms with Gasteiger partial charge in [-0.2, -0.15) is 0 Å². The summed E-state index contributed by atoms with van der Waals surface area (Å²) in [5, 5.41) is 8.79. The molecule has 0 radical (unpaired) electrons. The highest BCUT2D eigenvalue weighted by atomic mass is 32.1. The Balaban J connectivity index is 2.74. The van der Waals surface area contributed by atoms with Crippen LogP contribution in [0.3, 0.4) is 0 Å². The molecule has 2 aromatic heterocycles. The summed E-state index contributed by atoms with van der Waals surface area (Å²) in [5.41, 5.74) is 1.36. The van der Waals surface area contributed by atoms with E-state index < -0.39 is 5.97 Å². The topological polar surface area (TPSA) is 70.2 Å². The molecule has 4 nitrogen and oxygen atoms in total. The molecule has 0 fully saturated rings. The summed E-state index contributed by atoms with van der Waals surface area (Å²) in [6.45, 7) is 3.34. The molecular formula is C10H9NO3S. The molecule has 2 N–H and O–H groups in total. The largest absolute Gasteiger partial charge is 0.477 e. The normalized spacial score (nSPS) is 10.8. The minimum atomic E-state index is -1.01. The van der Waals surface area contributed by atoms with Gasteiger partial charge < -0.3 is 10.1 Å². The average molecular weight is 223 g/mol. The van der Waals surface area contributed by atoms with Crippen molar-refractivity contribution in [1.29, 1.82) is 0 Å². The second-order valence-electron chi connectivity index (χ2n) is 3.32. The Labute approximate surface area is 89.5 Å². The molecule has 0 aliphatic rings. The fourth-order valence-electron chi connectivity index (χ4n) is 1.63. The molecule has 0 aliphatic carbocycles. The van der Waals surface area contributed by atoms with Crippen LogP contribution in [0.1, 0.15) is 32.6 Å². The van der Waals surface area contributed by atoms with Gasteiger partial charge >= 0.3 is 5.97 Å². The van der Waals surface area contributed by atoms with Crippen LogP contribution in [0.15, 0.2) is 6.07 Å². The Hall–Kier alpha value is -1.62. The highest BCUT2D eigenvalue weighted by molar-refractivity contribution is 7.19. The Morgan fingerprint density at radius 2 is 2.13 bits per heavy atom. The molecule has 0 saturated heterocycles. The van der Waals surface area contributed by atoms with E-state index in [9.17, 15) is 9.59 Å². The van der Waals surface area contributed by atoms with Crippen LogP contribution < -0.4 is 0 Å². The molecule has 78 valence electrons. The van der Waals surface area contributed by atoms with Gasteiger partial charge in [-0.3, -0.25) is 4.79 Å². The number of Topliss-reactive ketones (excluding diaryl/α,β-unsaturated/α-hetero) is 1. The van der Waals surface area contributed by atoms with Crippen molar-refractivity contribution < 1.29 is 14.7 Å². The van der Waals surface area contributed by atoms with Crippen molar-refractivity contribution in [3.63, 3.8) is 0 Å². The summed E-state index contributed by atoms with van der Waals surface area (Å²) >= 11 is 1.43. The van der Waals surface area contributed by atoms with Crippen molar-refractivity contribution in [2.75, 3.05) is 0 Å². The number of thiophene rings is 1. The summed E-state index contributed by atoms with van der Waals surface area (Å²) in [6.07, 6.45) is 0. The molecule has 2 rings (SSSR count). The molecule has 0 amide bonds. The molecule has 2 heterocycles. The molecule has 0 spiro atoms. The summed E-state index contributed by atoms with van der Waals surface area (Å²) < 4.78 is 0.815. The van der Waals surface area contributed by atoms with E-state index in [1.54, 1.807) is 6.07 Å². The van der Waals surface area contributed by atoms with Crippen LogP contribution in [-0.2, 0) is 0 Å². The van der Waals surface area contributed by atoms with Crippen molar-refractivity contribution in [3.8, 4) is 0 Å². The van der Waals surface area contributed by atoms with E-state index in [4.69, 9.17) is 5.11 Å². The van der Waals surface area contributed by atoms with Gasteiger partial charge in [0.1, 0.15) is 5.69 Å². The van der Waals surface area contributed by atoms with Gasteiger partial charge in [0.05, 0.1) is 15.8 Å². The number of carbonyl (C=O) groups excluding carboxylic acids is 1. The summed E-state index contributed by atoms with van der Waals surface area (Å²) in [5.74, 6) is -1.05. The molecule has 0 saturated carbocycles. The van der Waals surface area contributed by atoms with Crippen LogP contribution in [-0.4, -0.2) is 21.8 Å². The number of aryl methyl sites for hydroxylation is 1. The average Bonchev–Trinajstić information content (AvgIpc) is 2.58. The van der Waals surface area contributed by atoms with Crippen LogP contribution in [0.4, 0.5) is 0 Å². The highest BCUT2D eigenvalue weighted by Crippen LogP contribution is 2.31. The van der Waals surface area contributed by atoms with Crippen molar-refractivity contribution in [2.45, 2.75) is 13.8 Å². The number of H-pyrrole nitrogens is 1. The van der Waals surface area contributed by atoms with Gasteiger partial charge in [-0.05, 0) is 19.9 Å². The Morgan fingerprint density at radius 1 is 1.47 bits per heavy atom. The van der Waals surface area contributed by atoms with E-state index in [-0.39, 0.29) is 11.5 Å². The zero-order chi connectivity index (χ0) is 11.2. The number of nitrogens with one attached hydrogen (secondary N) is 1. The first-order chi connectivity index (χ1) is 7.00. The summed E-state index contributed by atoms with van der Waals surface area (Å²) in [7, 11) is 0. The Bertz CT molecular complexity index is 564. The lowest BCUT2D eigenvalue weighted by atomic mass is 10.2. The van der Waals surface area contributed by atoms with Crippen LogP contribution in [0.2, 0.25) is 0 Å². The number of hydrogen-bond acceptors (Lipinski definition) is 3. The molecular weight excluding hydrogens is 214 g/mol. The summed E-state index contributed by atoms with van der Waals surface area (Å²) in [4.78, 5) is 25.8. The maximum Gasteiger partial charge on any atom is 0.352 e. The number of carboxylic acid groups (broad SMARTS) is 1. The number of fused-ring (bicyclic) bond motifs is 1. The SMILES string of the molecule is CC(=O)c1c(C)sc2cc(C(=O)O)[nH]c12. The van der Waals surface area contributed by atoms with Gasteiger partial charge in [-0.1, -0.05) is 0 Å². The van der Waals surface area contributed by atoms with Crippen LogP contribution >= 0.6 is 11.3 Å². The minimum absolute atomic E-state index is 0.0439. The van der Waals surface area contributed by atoms with E-state index in [0.29, 0.717) is 11.1 Å².